The van der Waals surface area contributed by atoms with E-state index >= 15 is 0 Å². The second-order valence-corrected chi connectivity index (χ2v) is 2.15. The highest BCUT2D eigenvalue weighted by molar-refractivity contribution is 8.00. The van der Waals surface area contributed by atoms with Gasteiger partial charge in [-0.3, -0.25) is 4.79 Å². The molecule has 0 saturated heterocycles. The van der Waals surface area contributed by atoms with Crippen molar-refractivity contribution in [1.82, 2.24) is 6.15 Å². The second kappa shape index (κ2) is 4.29. The molecule has 0 fully saturated rings. The zero-order valence-electron chi connectivity index (χ0n) is 3.53. The molecule has 44 valence electrons. The predicted octanol–water partition coefficient (Wildman–Crippen LogP) is 0.419. The van der Waals surface area contributed by atoms with Crippen molar-refractivity contribution in [1.29, 1.82) is 0 Å². The van der Waals surface area contributed by atoms with E-state index in [9.17, 15) is 4.79 Å². The molecular weight excluding hydrogens is 134 g/mol. The van der Waals surface area contributed by atoms with E-state index in [1.54, 1.807) is 0 Å². The Labute approximate surface area is 52.5 Å². The van der Waals surface area contributed by atoms with E-state index in [0.29, 0.717) is 0 Å². The van der Waals surface area contributed by atoms with Gasteiger partial charge in [-0.05, 0) is 0 Å². The molecule has 0 amide bonds. The summed E-state index contributed by atoms with van der Waals surface area (Å²) in [6.07, 6.45) is 0. The number of carboxylic acid groups (broad SMARTS) is 1. The fourth-order valence-corrected chi connectivity index (χ4v) is 0. The number of aliphatic carboxylic acids is 1. The van der Waals surface area contributed by atoms with Gasteiger partial charge < -0.3 is 11.3 Å². The first-order chi connectivity index (χ1) is 2.64. The molecule has 4 N–H and O–H groups in total. The van der Waals surface area contributed by atoms with Gasteiger partial charge in [0, 0.05) is 0 Å². The molecule has 3 nitrogen and oxygen atoms in total. The quantitative estimate of drug-likeness (QED) is 0.316. The van der Waals surface area contributed by atoms with Crippen molar-refractivity contribution in [2.24, 2.45) is 0 Å². The molecule has 0 bridgehead atoms. The van der Waals surface area contributed by atoms with Gasteiger partial charge in [-0.25, -0.2) is 0 Å². The first-order valence-corrected chi connectivity index (χ1v) is 2.27. The first-order valence-electron chi connectivity index (χ1n) is 1.23. The summed E-state index contributed by atoms with van der Waals surface area (Å²) in [5.74, 6) is -1.01. The molecule has 0 aliphatic rings. The average molecular weight is 141 g/mol. The Balaban J connectivity index is 0. The minimum Gasteiger partial charge on any atom is -0.480 e. The van der Waals surface area contributed by atoms with Crippen molar-refractivity contribution >= 4 is 31.2 Å². The number of hydrogen-bond donors (Lipinski definition) is 4. The van der Waals surface area contributed by atoms with Crippen LogP contribution in [0.4, 0.5) is 0 Å². The van der Waals surface area contributed by atoms with Gasteiger partial charge in [0.25, 0.3) is 0 Å². The SMILES string of the molecule is N.O=C(O)C(S)S. The number of carboxylic acids is 1. The summed E-state index contributed by atoms with van der Waals surface area (Å²) in [6, 6.07) is 0. The normalized spacial score (nSPS) is 7.86. The molecule has 0 spiro atoms. The Morgan fingerprint density at radius 1 is 1.57 bits per heavy atom. The molecule has 0 aromatic carbocycles. The summed E-state index contributed by atoms with van der Waals surface area (Å²) in [6.45, 7) is 0. The Kier molecular flexibility index (Phi) is 6.24. The third-order valence-corrected chi connectivity index (χ3v) is 0.663. The van der Waals surface area contributed by atoms with Gasteiger partial charge in [-0.15, -0.1) is 0 Å². The van der Waals surface area contributed by atoms with Gasteiger partial charge in [0.1, 0.15) is 4.58 Å². The lowest BCUT2D eigenvalue weighted by molar-refractivity contribution is -0.134. The maximum atomic E-state index is 9.55. The van der Waals surface area contributed by atoms with Crippen LogP contribution in [-0.4, -0.2) is 15.7 Å². The van der Waals surface area contributed by atoms with Crippen LogP contribution in [0.5, 0.6) is 0 Å². The molecule has 0 aliphatic heterocycles. The second-order valence-electron chi connectivity index (χ2n) is 0.712. The lowest BCUT2D eigenvalue weighted by Gasteiger charge is -1.87. The van der Waals surface area contributed by atoms with Crippen molar-refractivity contribution in [3.05, 3.63) is 0 Å². The minimum atomic E-state index is -1.01. The zero-order chi connectivity index (χ0) is 5.15. The Morgan fingerprint density at radius 2 is 1.71 bits per heavy atom. The van der Waals surface area contributed by atoms with Crippen LogP contribution >= 0.6 is 25.3 Å². The zero-order valence-corrected chi connectivity index (χ0v) is 5.32. The van der Waals surface area contributed by atoms with Gasteiger partial charge in [0.05, 0.1) is 0 Å². The number of hydrogen-bond acceptors (Lipinski definition) is 4. The van der Waals surface area contributed by atoms with Crippen LogP contribution in [0.25, 0.3) is 0 Å². The lowest BCUT2D eigenvalue weighted by Crippen LogP contribution is -2.04. The molecule has 0 heterocycles. The smallest absolute Gasteiger partial charge is 0.326 e. The van der Waals surface area contributed by atoms with E-state index in [0.717, 1.165) is 0 Å². The lowest BCUT2D eigenvalue weighted by atomic mass is 10.8. The van der Waals surface area contributed by atoms with Crippen molar-refractivity contribution in [2.45, 2.75) is 4.58 Å². The average Bonchev–Trinajstić information content (AvgIpc) is 1.36. The molecule has 7 heavy (non-hydrogen) atoms. The highest BCUT2D eigenvalue weighted by atomic mass is 32.2. The van der Waals surface area contributed by atoms with Gasteiger partial charge in [0.15, 0.2) is 0 Å². The number of thiol groups is 2. The first kappa shape index (κ1) is 10.2. The molecule has 0 radical (unpaired) electrons. The summed E-state index contributed by atoms with van der Waals surface area (Å²) in [5, 5.41) is 7.84. The summed E-state index contributed by atoms with van der Waals surface area (Å²) >= 11 is 6.92. The molecule has 0 aromatic rings. The molecule has 0 atom stereocenters. The largest absolute Gasteiger partial charge is 0.480 e. The molecular formula is C2H7NO2S2. The maximum Gasteiger partial charge on any atom is 0.326 e. The third kappa shape index (κ3) is 6.13. The molecule has 5 heteroatoms. The van der Waals surface area contributed by atoms with E-state index in [-0.39, 0.29) is 6.15 Å². The molecule has 0 rings (SSSR count). The Hall–Kier alpha value is 0.130. The maximum absolute atomic E-state index is 9.55. The minimum absolute atomic E-state index is 0. The number of rotatable bonds is 1. The molecule has 0 unspecified atom stereocenters. The van der Waals surface area contributed by atoms with E-state index in [2.05, 4.69) is 25.3 Å². The summed E-state index contributed by atoms with van der Waals surface area (Å²) < 4.78 is -0.843. The van der Waals surface area contributed by atoms with Crippen molar-refractivity contribution in [3.63, 3.8) is 0 Å². The van der Waals surface area contributed by atoms with Crippen LogP contribution in [-0.2, 0) is 4.79 Å². The highest BCUT2D eigenvalue weighted by Crippen LogP contribution is 1.96. The fraction of sp³-hybridized carbons (Fsp3) is 0.500. The standard InChI is InChI=1S/C2H4O2S2.H3N/c3-1(4)2(5)6;/h2,5-6H,(H,3,4);1H3. The van der Waals surface area contributed by atoms with Gasteiger partial charge >= 0.3 is 5.97 Å². The van der Waals surface area contributed by atoms with Gasteiger partial charge in [0.2, 0.25) is 0 Å². The highest BCUT2D eigenvalue weighted by Gasteiger charge is 2.01. The topological polar surface area (TPSA) is 72.3 Å². The Bertz CT molecular complexity index is 64.7. The number of carbonyl (C=O) groups is 1. The van der Waals surface area contributed by atoms with Crippen molar-refractivity contribution in [3.8, 4) is 0 Å². The monoisotopic (exact) mass is 141 g/mol. The summed E-state index contributed by atoms with van der Waals surface area (Å²) in [5.41, 5.74) is 0. The summed E-state index contributed by atoms with van der Waals surface area (Å²) in [4.78, 5) is 9.55. The van der Waals surface area contributed by atoms with Crippen LogP contribution < -0.4 is 6.15 Å². The Morgan fingerprint density at radius 3 is 1.71 bits per heavy atom. The van der Waals surface area contributed by atoms with Gasteiger partial charge in [-0.1, -0.05) is 0 Å². The van der Waals surface area contributed by atoms with E-state index in [4.69, 9.17) is 5.11 Å². The predicted molar refractivity (Wildman–Crippen MR) is 34.4 cm³/mol. The van der Waals surface area contributed by atoms with Crippen LogP contribution in [0.2, 0.25) is 0 Å². The van der Waals surface area contributed by atoms with Gasteiger partial charge in [-0.2, -0.15) is 25.3 Å². The molecule has 0 aliphatic carbocycles. The fourth-order valence-electron chi connectivity index (χ4n) is 0. The van der Waals surface area contributed by atoms with E-state index < -0.39 is 10.6 Å². The van der Waals surface area contributed by atoms with E-state index in [1.165, 1.54) is 0 Å². The van der Waals surface area contributed by atoms with Crippen LogP contribution in [0.1, 0.15) is 0 Å². The van der Waals surface area contributed by atoms with Crippen LogP contribution in [0.15, 0.2) is 0 Å². The summed E-state index contributed by atoms with van der Waals surface area (Å²) in [7, 11) is 0. The van der Waals surface area contributed by atoms with E-state index in [1.807, 2.05) is 0 Å². The van der Waals surface area contributed by atoms with Crippen LogP contribution in [0.3, 0.4) is 0 Å². The van der Waals surface area contributed by atoms with Crippen molar-refractivity contribution in [2.75, 3.05) is 0 Å². The van der Waals surface area contributed by atoms with Crippen LogP contribution in [0, 0.1) is 0 Å². The third-order valence-electron chi connectivity index (χ3n) is 0.221. The molecule has 0 aromatic heterocycles. The van der Waals surface area contributed by atoms with Crippen molar-refractivity contribution < 1.29 is 9.90 Å². The molecule has 0 saturated carbocycles.